The molecule has 3 aromatic rings. The molecule has 8 heteroatoms. The first-order valence-corrected chi connectivity index (χ1v) is 11.6. The van der Waals surface area contributed by atoms with Crippen LogP contribution in [-0.4, -0.2) is 34.9 Å². The largest absolute Gasteiger partial charge is 0.292 e. The highest BCUT2D eigenvalue weighted by Crippen LogP contribution is 2.53. The van der Waals surface area contributed by atoms with Crippen molar-refractivity contribution in [2.45, 2.75) is 12.1 Å². The standard InChI is InChI=1S/C26H17BrFN3O3/c27-16-5-3-6-18(12-16)30-25(33)20-21(26(30)34)23(24(32)14-8-10-17(28)11-9-14)31-22(20)19-7-2-1-4-15(19)13-29-31/h1-13,20-23H/t20-,21+,22-,23-/m1/s1. The normalized spacial score (nSPS) is 24.8. The minimum atomic E-state index is -0.987. The molecule has 6 nitrogen and oxygen atoms in total. The number of ketones is 1. The molecule has 0 aliphatic carbocycles. The number of Topliss-reactive ketones (excluding diaryl/α,β-unsaturated/α-hetero) is 1. The fourth-order valence-corrected chi connectivity index (χ4v) is 5.71. The van der Waals surface area contributed by atoms with Crippen molar-refractivity contribution in [1.82, 2.24) is 5.01 Å². The van der Waals surface area contributed by atoms with Crippen molar-refractivity contribution in [3.05, 3.63) is 99.8 Å². The summed E-state index contributed by atoms with van der Waals surface area (Å²) < 4.78 is 14.2. The van der Waals surface area contributed by atoms with Gasteiger partial charge in [-0.05, 0) is 53.6 Å². The van der Waals surface area contributed by atoms with Gasteiger partial charge < -0.3 is 0 Å². The summed E-state index contributed by atoms with van der Waals surface area (Å²) in [6, 6.07) is 18.2. The second-order valence-electron chi connectivity index (χ2n) is 8.56. The molecular formula is C26H17BrFN3O3. The summed E-state index contributed by atoms with van der Waals surface area (Å²) >= 11 is 3.40. The Morgan fingerprint density at radius 3 is 2.41 bits per heavy atom. The van der Waals surface area contributed by atoms with Crippen LogP contribution in [0, 0.1) is 17.7 Å². The summed E-state index contributed by atoms with van der Waals surface area (Å²) in [5.41, 5.74) is 2.41. The maximum absolute atomic E-state index is 13.8. The van der Waals surface area contributed by atoms with Crippen LogP contribution >= 0.6 is 15.9 Å². The number of anilines is 1. The van der Waals surface area contributed by atoms with E-state index in [0.29, 0.717) is 5.69 Å². The summed E-state index contributed by atoms with van der Waals surface area (Å²) in [7, 11) is 0. The first-order chi connectivity index (χ1) is 16.5. The summed E-state index contributed by atoms with van der Waals surface area (Å²) in [6.07, 6.45) is 1.65. The lowest BCUT2D eigenvalue weighted by molar-refractivity contribution is -0.124. The molecule has 3 heterocycles. The van der Waals surface area contributed by atoms with E-state index in [2.05, 4.69) is 21.0 Å². The number of hydrogen-bond acceptors (Lipinski definition) is 5. The van der Waals surface area contributed by atoms with Crippen LogP contribution in [0.25, 0.3) is 0 Å². The van der Waals surface area contributed by atoms with E-state index in [1.54, 1.807) is 29.4 Å². The van der Waals surface area contributed by atoms with Crippen LogP contribution < -0.4 is 4.90 Å². The van der Waals surface area contributed by atoms with Gasteiger partial charge in [0.15, 0.2) is 5.78 Å². The molecule has 3 aliphatic heterocycles. The molecule has 6 rings (SSSR count). The van der Waals surface area contributed by atoms with Crippen LogP contribution in [-0.2, 0) is 9.59 Å². The Hall–Kier alpha value is -3.65. The van der Waals surface area contributed by atoms with Gasteiger partial charge in [-0.25, -0.2) is 9.29 Å². The molecule has 0 bridgehead atoms. The number of carbonyl (C=O) groups excluding carboxylic acids is 3. The second kappa shape index (κ2) is 7.70. The Morgan fingerprint density at radius 1 is 0.912 bits per heavy atom. The molecular weight excluding hydrogens is 501 g/mol. The van der Waals surface area contributed by atoms with Crippen LogP contribution in [0.5, 0.6) is 0 Å². The number of amides is 2. The molecule has 3 aromatic carbocycles. The first-order valence-electron chi connectivity index (χ1n) is 10.8. The lowest BCUT2D eigenvalue weighted by Crippen LogP contribution is -2.44. The molecule has 168 valence electrons. The van der Waals surface area contributed by atoms with Gasteiger partial charge in [-0.2, -0.15) is 5.10 Å². The summed E-state index contributed by atoms with van der Waals surface area (Å²) in [6.45, 7) is 0. The van der Waals surface area contributed by atoms with Crippen LogP contribution in [0.15, 0.2) is 82.4 Å². The smallest absolute Gasteiger partial charge is 0.240 e. The average molecular weight is 518 g/mol. The van der Waals surface area contributed by atoms with E-state index < -0.39 is 35.6 Å². The Morgan fingerprint density at radius 2 is 1.65 bits per heavy atom. The monoisotopic (exact) mass is 517 g/mol. The van der Waals surface area contributed by atoms with Crippen molar-refractivity contribution in [3.8, 4) is 0 Å². The average Bonchev–Trinajstić information content (AvgIpc) is 3.31. The molecule has 0 N–H and O–H groups in total. The van der Waals surface area contributed by atoms with Gasteiger partial charge in [-0.1, -0.05) is 46.3 Å². The maximum atomic E-state index is 13.8. The van der Waals surface area contributed by atoms with Gasteiger partial charge in [-0.3, -0.25) is 19.4 Å². The quantitative estimate of drug-likeness (QED) is 0.382. The zero-order chi connectivity index (χ0) is 23.6. The van der Waals surface area contributed by atoms with Crippen molar-refractivity contribution in [2.24, 2.45) is 16.9 Å². The SMILES string of the molecule is O=C(c1ccc(F)cc1)[C@H]1[C@H]2C(=O)N(c3cccc(Br)c3)C(=O)[C@H]2[C@H]2c3ccccc3C=NN21. The van der Waals surface area contributed by atoms with Crippen molar-refractivity contribution in [3.63, 3.8) is 0 Å². The van der Waals surface area contributed by atoms with Gasteiger partial charge in [0.25, 0.3) is 0 Å². The number of carbonyl (C=O) groups is 3. The first kappa shape index (κ1) is 20.9. The van der Waals surface area contributed by atoms with Crippen LogP contribution in [0.3, 0.4) is 0 Å². The van der Waals surface area contributed by atoms with Gasteiger partial charge >= 0.3 is 0 Å². The number of hydrazone groups is 1. The zero-order valence-electron chi connectivity index (χ0n) is 17.6. The van der Waals surface area contributed by atoms with Gasteiger partial charge in [0.05, 0.1) is 29.8 Å². The molecule has 34 heavy (non-hydrogen) atoms. The molecule has 0 radical (unpaired) electrons. The maximum Gasteiger partial charge on any atom is 0.240 e. The highest BCUT2D eigenvalue weighted by atomic mass is 79.9. The van der Waals surface area contributed by atoms with E-state index in [9.17, 15) is 18.8 Å². The Bertz CT molecular complexity index is 1390. The Labute approximate surface area is 202 Å². The minimum Gasteiger partial charge on any atom is -0.292 e. The van der Waals surface area contributed by atoms with Crippen molar-refractivity contribution >= 4 is 45.4 Å². The van der Waals surface area contributed by atoms with E-state index in [-0.39, 0.29) is 17.3 Å². The van der Waals surface area contributed by atoms with E-state index in [1.165, 1.54) is 29.2 Å². The lowest BCUT2D eigenvalue weighted by atomic mass is 9.83. The van der Waals surface area contributed by atoms with Crippen molar-refractivity contribution in [1.29, 1.82) is 0 Å². The molecule has 0 unspecified atom stereocenters. The second-order valence-corrected chi connectivity index (χ2v) is 9.47. The number of hydrogen-bond donors (Lipinski definition) is 0. The number of nitrogens with zero attached hydrogens (tertiary/aromatic N) is 3. The highest BCUT2D eigenvalue weighted by Gasteiger charge is 2.65. The number of halogens is 2. The van der Waals surface area contributed by atoms with Gasteiger partial charge in [-0.15, -0.1) is 0 Å². The third-order valence-electron chi connectivity index (χ3n) is 6.76. The number of fused-ring (bicyclic) bond motifs is 5. The fraction of sp³-hybridized carbons (Fsp3) is 0.154. The van der Waals surface area contributed by atoms with Crippen LogP contribution in [0.4, 0.5) is 10.1 Å². The zero-order valence-corrected chi connectivity index (χ0v) is 19.2. The summed E-state index contributed by atoms with van der Waals surface area (Å²) in [4.78, 5) is 42.4. The molecule has 2 amide bonds. The fourth-order valence-electron chi connectivity index (χ4n) is 5.32. The molecule has 3 aliphatic rings. The third-order valence-corrected chi connectivity index (χ3v) is 7.25. The van der Waals surface area contributed by atoms with Crippen molar-refractivity contribution in [2.75, 3.05) is 4.90 Å². The third kappa shape index (κ3) is 2.98. The number of imide groups is 1. The van der Waals surface area contributed by atoms with E-state index in [1.807, 2.05) is 30.3 Å². The van der Waals surface area contributed by atoms with E-state index in [4.69, 9.17) is 0 Å². The molecule has 0 spiro atoms. The highest BCUT2D eigenvalue weighted by molar-refractivity contribution is 9.10. The minimum absolute atomic E-state index is 0.265. The van der Waals surface area contributed by atoms with Gasteiger partial charge in [0, 0.05) is 10.0 Å². The summed E-state index contributed by atoms with van der Waals surface area (Å²) in [5.74, 6) is -3.32. The van der Waals surface area contributed by atoms with E-state index >= 15 is 0 Å². The topological polar surface area (TPSA) is 70.0 Å². The van der Waals surface area contributed by atoms with Gasteiger partial charge in [0.2, 0.25) is 11.8 Å². The summed E-state index contributed by atoms with van der Waals surface area (Å²) in [5, 5.41) is 6.12. The molecule has 0 saturated carbocycles. The number of benzene rings is 3. The van der Waals surface area contributed by atoms with Crippen LogP contribution in [0.1, 0.15) is 27.5 Å². The van der Waals surface area contributed by atoms with E-state index in [0.717, 1.165) is 15.6 Å². The van der Waals surface area contributed by atoms with Gasteiger partial charge in [0.1, 0.15) is 11.9 Å². The van der Waals surface area contributed by atoms with Crippen LogP contribution in [0.2, 0.25) is 0 Å². The molecule has 4 atom stereocenters. The van der Waals surface area contributed by atoms with Crippen molar-refractivity contribution < 1.29 is 18.8 Å². The predicted molar refractivity (Wildman–Crippen MR) is 127 cm³/mol. The number of rotatable bonds is 3. The lowest BCUT2D eigenvalue weighted by Gasteiger charge is -2.33. The molecule has 2 saturated heterocycles. The molecule has 0 aromatic heterocycles. The molecule has 2 fully saturated rings. The Balaban J connectivity index is 1.50. The Kier molecular flexibility index (Phi) is 4.74. The predicted octanol–water partition coefficient (Wildman–Crippen LogP) is 4.35.